The van der Waals surface area contributed by atoms with Gasteiger partial charge in [0.05, 0.1) is 6.54 Å². The second kappa shape index (κ2) is 6.54. The first-order valence-electron chi connectivity index (χ1n) is 5.01. The molecule has 1 rings (SSSR count). The third-order valence-electron chi connectivity index (χ3n) is 1.94. The van der Waals surface area contributed by atoms with Gasteiger partial charge in [-0.1, -0.05) is 11.3 Å². The molecule has 0 aliphatic rings. The SMILES string of the molecule is O=C(O)CN(CC(=O)O)C(=O)NCc1csc(=O)[nH]1. The number of thiazole rings is 1. The van der Waals surface area contributed by atoms with Crippen molar-refractivity contribution in [3.8, 4) is 0 Å². The van der Waals surface area contributed by atoms with E-state index in [9.17, 15) is 19.2 Å². The van der Waals surface area contributed by atoms with E-state index < -0.39 is 31.1 Å². The number of rotatable bonds is 6. The van der Waals surface area contributed by atoms with Crippen LogP contribution in [0.15, 0.2) is 10.2 Å². The lowest BCUT2D eigenvalue weighted by Crippen LogP contribution is -2.45. The van der Waals surface area contributed by atoms with E-state index in [4.69, 9.17) is 10.2 Å². The molecule has 0 unspecified atom stereocenters. The average Bonchev–Trinajstić information content (AvgIpc) is 2.70. The zero-order valence-corrected chi connectivity index (χ0v) is 10.4. The van der Waals surface area contributed by atoms with Crippen molar-refractivity contribution < 1.29 is 24.6 Å². The minimum atomic E-state index is -1.32. The molecular formula is C9H11N3O6S. The highest BCUT2D eigenvalue weighted by Gasteiger charge is 2.19. The Hall–Kier alpha value is -2.36. The third kappa shape index (κ3) is 5.21. The molecule has 0 atom stereocenters. The van der Waals surface area contributed by atoms with Gasteiger partial charge < -0.3 is 25.4 Å². The van der Waals surface area contributed by atoms with Crippen LogP contribution in [0.2, 0.25) is 0 Å². The summed E-state index contributed by atoms with van der Waals surface area (Å²) in [5.74, 6) is -2.64. The fourth-order valence-electron chi connectivity index (χ4n) is 1.21. The van der Waals surface area contributed by atoms with Gasteiger partial charge >= 0.3 is 22.8 Å². The number of urea groups is 1. The highest BCUT2D eigenvalue weighted by Crippen LogP contribution is 1.96. The lowest BCUT2D eigenvalue weighted by atomic mass is 10.4. The summed E-state index contributed by atoms with van der Waals surface area (Å²) >= 11 is 0.922. The monoisotopic (exact) mass is 289 g/mol. The molecule has 1 aromatic rings. The second-order valence-corrected chi connectivity index (χ2v) is 4.32. The van der Waals surface area contributed by atoms with E-state index in [-0.39, 0.29) is 11.4 Å². The molecule has 0 aliphatic heterocycles. The standard InChI is InChI=1S/C9H11N3O6S/c13-6(14)2-12(3-7(15)16)8(17)10-1-5-4-19-9(18)11-5/h4H,1-3H2,(H,10,17)(H,11,18)(H,13,14)(H,15,16). The maximum Gasteiger partial charge on any atom is 0.323 e. The number of carboxylic acid groups (broad SMARTS) is 2. The van der Waals surface area contributed by atoms with Crippen molar-refractivity contribution in [2.45, 2.75) is 6.54 Å². The molecule has 0 aliphatic carbocycles. The minimum absolute atomic E-state index is 0.0205. The molecular weight excluding hydrogens is 278 g/mol. The van der Waals surface area contributed by atoms with E-state index in [1.54, 1.807) is 0 Å². The topological polar surface area (TPSA) is 140 Å². The fraction of sp³-hybridized carbons (Fsp3) is 0.333. The number of aliphatic carboxylic acids is 2. The van der Waals surface area contributed by atoms with Crippen molar-refractivity contribution >= 4 is 29.3 Å². The van der Waals surface area contributed by atoms with Crippen molar-refractivity contribution in [2.75, 3.05) is 13.1 Å². The van der Waals surface area contributed by atoms with Gasteiger partial charge in [-0.3, -0.25) is 14.4 Å². The lowest BCUT2D eigenvalue weighted by Gasteiger charge is -2.18. The van der Waals surface area contributed by atoms with Gasteiger partial charge in [-0.15, -0.1) is 0 Å². The maximum atomic E-state index is 11.6. The summed E-state index contributed by atoms with van der Waals surface area (Å²) < 4.78 is 0. The number of aromatic amines is 1. The molecule has 0 fully saturated rings. The van der Waals surface area contributed by atoms with E-state index in [1.165, 1.54) is 5.38 Å². The zero-order valence-electron chi connectivity index (χ0n) is 9.58. The van der Waals surface area contributed by atoms with Gasteiger partial charge in [0.1, 0.15) is 13.1 Å². The Morgan fingerprint density at radius 2 is 1.84 bits per heavy atom. The number of carbonyl (C=O) groups is 3. The highest BCUT2D eigenvalue weighted by molar-refractivity contribution is 7.07. The van der Waals surface area contributed by atoms with Crippen molar-refractivity contribution in [2.24, 2.45) is 0 Å². The first-order valence-corrected chi connectivity index (χ1v) is 5.89. The summed E-state index contributed by atoms with van der Waals surface area (Å²) in [5, 5.41) is 21.0. The molecule has 0 spiro atoms. The van der Waals surface area contributed by atoms with Crippen LogP contribution < -0.4 is 10.2 Å². The van der Waals surface area contributed by atoms with E-state index in [0.29, 0.717) is 10.6 Å². The van der Waals surface area contributed by atoms with Crippen LogP contribution in [0, 0.1) is 0 Å². The Bertz CT molecular complexity index is 520. The summed E-state index contributed by atoms with van der Waals surface area (Å²) in [4.78, 5) is 46.3. The predicted molar refractivity (Wildman–Crippen MR) is 64.0 cm³/mol. The van der Waals surface area contributed by atoms with Gasteiger partial charge in [0.25, 0.3) is 0 Å². The number of aromatic nitrogens is 1. The Balaban J connectivity index is 2.58. The molecule has 0 aromatic carbocycles. The Morgan fingerprint density at radius 1 is 1.26 bits per heavy atom. The smallest absolute Gasteiger partial charge is 0.323 e. The third-order valence-corrected chi connectivity index (χ3v) is 2.66. The largest absolute Gasteiger partial charge is 0.480 e. The number of hydrogen-bond acceptors (Lipinski definition) is 5. The molecule has 0 radical (unpaired) electrons. The predicted octanol–water partition coefficient (Wildman–Crippen LogP) is -0.883. The molecule has 2 amide bonds. The number of carbonyl (C=O) groups excluding carboxylic acids is 1. The first-order chi connectivity index (χ1) is 8.88. The van der Waals surface area contributed by atoms with Gasteiger partial charge in [0, 0.05) is 11.1 Å². The summed E-state index contributed by atoms with van der Waals surface area (Å²) in [6.07, 6.45) is 0. The maximum absolute atomic E-state index is 11.6. The number of nitrogens with zero attached hydrogens (tertiary/aromatic N) is 1. The van der Waals surface area contributed by atoms with Crippen molar-refractivity contribution in [1.82, 2.24) is 15.2 Å². The number of amides is 2. The summed E-state index contributed by atoms with van der Waals surface area (Å²) in [7, 11) is 0. The van der Waals surface area contributed by atoms with Crippen LogP contribution in [0.5, 0.6) is 0 Å². The molecule has 4 N–H and O–H groups in total. The zero-order chi connectivity index (χ0) is 14.4. The van der Waals surface area contributed by atoms with Crippen molar-refractivity contribution in [3.05, 3.63) is 20.7 Å². The van der Waals surface area contributed by atoms with Crippen molar-refractivity contribution in [3.63, 3.8) is 0 Å². The van der Waals surface area contributed by atoms with E-state index >= 15 is 0 Å². The van der Waals surface area contributed by atoms with E-state index in [2.05, 4.69) is 10.3 Å². The number of nitrogens with one attached hydrogen (secondary N) is 2. The van der Waals surface area contributed by atoms with Crippen LogP contribution in [-0.2, 0) is 16.1 Å². The van der Waals surface area contributed by atoms with Gasteiger partial charge in [0.2, 0.25) is 0 Å². The van der Waals surface area contributed by atoms with Crippen molar-refractivity contribution in [1.29, 1.82) is 0 Å². The van der Waals surface area contributed by atoms with E-state index in [1.807, 2.05) is 0 Å². The molecule has 9 nitrogen and oxygen atoms in total. The Morgan fingerprint density at radius 3 is 2.26 bits per heavy atom. The fourth-order valence-corrected chi connectivity index (χ4v) is 1.79. The second-order valence-electron chi connectivity index (χ2n) is 3.48. The summed E-state index contributed by atoms with van der Waals surface area (Å²) in [6.45, 7) is -1.47. The molecule has 1 aromatic heterocycles. The van der Waals surface area contributed by atoms with Crippen LogP contribution >= 0.6 is 11.3 Å². The van der Waals surface area contributed by atoms with E-state index in [0.717, 1.165) is 11.3 Å². The summed E-state index contributed by atoms with van der Waals surface area (Å²) in [6, 6.07) is -0.836. The minimum Gasteiger partial charge on any atom is -0.480 e. The Kier molecular flexibility index (Phi) is 5.06. The normalized spacial score (nSPS) is 9.89. The van der Waals surface area contributed by atoms with Crippen LogP contribution in [0.25, 0.3) is 0 Å². The average molecular weight is 289 g/mol. The molecule has 1 heterocycles. The Labute approximate surface area is 110 Å². The van der Waals surface area contributed by atoms with Crippen LogP contribution in [0.3, 0.4) is 0 Å². The molecule has 0 saturated heterocycles. The van der Waals surface area contributed by atoms with Crippen LogP contribution in [0.1, 0.15) is 5.69 Å². The van der Waals surface area contributed by atoms with Gasteiger partial charge in [-0.25, -0.2) is 4.79 Å². The number of carboxylic acids is 2. The quantitative estimate of drug-likeness (QED) is 0.536. The lowest BCUT2D eigenvalue weighted by molar-refractivity contribution is -0.140. The van der Waals surface area contributed by atoms with Gasteiger partial charge in [0.15, 0.2) is 0 Å². The summed E-state index contributed by atoms with van der Waals surface area (Å²) in [5.41, 5.74) is 0.453. The molecule has 10 heteroatoms. The highest BCUT2D eigenvalue weighted by atomic mass is 32.1. The van der Waals surface area contributed by atoms with Crippen LogP contribution in [0.4, 0.5) is 4.79 Å². The number of H-pyrrole nitrogens is 1. The molecule has 19 heavy (non-hydrogen) atoms. The number of hydrogen-bond donors (Lipinski definition) is 4. The van der Waals surface area contributed by atoms with Gasteiger partial charge in [-0.2, -0.15) is 0 Å². The molecule has 0 bridgehead atoms. The molecule has 0 saturated carbocycles. The van der Waals surface area contributed by atoms with Crippen LogP contribution in [-0.4, -0.2) is 51.2 Å². The van der Waals surface area contributed by atoms with Gasteiger partial charge in [-0.05, 0) is 0 Å². The first kappa shape index (κ1) is 14.7. The molecule has 104 valence electrons.